The highest BCUT2D eigenvalue weighted by Crippen LogP contribution is 2.31. The van der Waals surface area contributed by atoms with Gasteiger partial charge in [-0.05, 0) is 30.2 Å². The number of benzene rings is 1. The standard InChI is InChI=1S/C16H15N5O3S/c17-12-4-6-25(23,24)14-7-9(1-2-10(12)14)16(22)20-13-3-5-18-15-11(13)8-19-21-15/h1-3,5,7-8,12H,4,6,17H2,(H2,18,19,20,21,22). The second-order valence-electron chi connectivity index (χ2n) is 5.91. The molecule has 25 heavy (non-hydrogen) atoms. The van der Waals surface area contributed by atoms with Crippen LogP contribution in [0.2, 0.25) is 0 Å². The van der Waals surface area contributed by atoms with Crippen molar-refractivity contribution in [3.05, 3.63) is 47.8 Å². The minimum absolute atomic E-state index is 0.00770. The fourth-order valence-electron chi connectivity index (χ4n) is 2.95. The number of pyridine rings is 1. The summed E-state index contributed by atoms with van der Waals surface area (Å²) in [6.45, 7) is 0. The zero-order valence-corrected chi connectivity index (χ0v) is 13.9. The third kappa shape index (κ3) is 2.67. The van der Waals surface area contributed by atoms with Crippen LogP contribution in [0.1, 0.15) is 28.4 Å². The number of carbonyl (C=O) groups is 1. The highest BCUT2D eigenvalue weighted by atomic mass is 32.2. The second-order valence-corrected chi connectivity index (χ2v) is 7.99. The Bertz CT molecular complexity index is 1090. The number of nitrogens with zero attached hydrogens (tertiary/aromatic N) is 2. The first kappa shape index (κ1) is 15.7. The van der Waals surface area contributed by atoms with Crippen molar-refractivity contribution >= 4 is 32.5 Å². The number of fused-ring (bicyclic) bond motifs is 2. The summed E-state index contributed by atoms with van der Waals surface area (Å²) in [7, 11) is -3.41. The largest absolute Gasteiger partial charge is 0.324 e. The molecule has 0 radical (unpaired) electrons. The smallest absolute Gasteiger partial charge is 0.255 e. The first-order chi connectivity index (χ1) is 12.0. The summed E-state index contributed by atoms with van der Waals surface area (Å²) in [5, 5.41) is 10.1. The molecule has 0 fully saturated rings. The number of amides is 1. The molecule has 0 saturated carbocycles. The predicted octanol–water partition coefficient (Wildman–Crippen LogP) is 1.39. The van der Waals surface area contributed by atoms with Gasteiger partial charge in [0.1, 0.15) is 0 Å². The Kier molecular flexibility index (Phi) is 3.55. The van der Waals surface area contributed by atoms with Crippen molar-refractivity contribution in [3.8, 4) is 0 Å². The van der Waals surface area contributed by atoms with Gasteiger partial charge in [0.15, 0.2) is 15.5 Å². The number of sulfone groups is 1. The van der Waals surface area contributed by atoms with E-state index in [1.165, 1.54) is 6.07 Å². The number of anilines is 1. The van der Waals surface area contributed by atoms with Crippen LogP contribution in [-0.2, 0) is 9.84 Å². The highest BCUT2D eigenvalue weighted by molar-refractivity contribution is 7.91. The minimum atomic E-state index is -3.41. The van der Waals surface area contributed by atoms with Crippen LogP contribution in [0.3, 0.4) is 0 Å². The van der Waals surface area contributed by atoms with Crippen molar-refractivity contribution in [1.82, 2.24) is 15.2 Å². The molecule has 1 aliphatic rings. The van der Waals surface area contributed by atoms with Gasteiger partial charge in [0.2, 0.25) is 0 Å². The van der Waals surface area contributed by atoms with Crippen molar-refractivity contribution in [2.45, 2.75) is 17.4 Å². The zero-order valence-electron chi connectivity index (χ0n) is 13.1. The molecular formula is C16H15N5O3S. The molecule has 8 nitrogen and oxygen atoms in total. The van der Waals surface area contributed by atoms with Gasteiger partial charge in [-0.2, -0.15) is 5.10 Å². The molecule has 1 aliphatic heterocycles. The van der Waals surface area contributed by atoms with E-state index in [9.17, 15) is 13.2 Å². The van der Waals surface area contributed by atoms with Crippen molar-refractivity contribution in [3.63, 3.8) is 0 Å². The van der Waals surface area contributed by atoms with Gasteiger partial charge in [-0.15, -0.1) is 0 Å². The molecule has 9 heteroatoms. The van der Waals surface area contributed by atoms with Crippen LogP contribution in [-0.4, -0.2) is 35.3 Å². The maximum Gasteiger partial charge on any atom is 0.255 e. The normalized spacial score (nSPS) is 18.7. The highest BCUT2D eigenvalue weighted by Gasteiger charge is 2.29. The number of hydrogen-bond acceptors (Lipinski definition) is 6. The Balaban J connectivity index is 1.71. The molecule has 128 valence electrons. The van der Waals surface area contributed by atoms with Crippen molar-refractivity contribution in [1.29, 1.82) is 0 Å². The van der Waals surface area contributed by atoms with E-state index in [1.54, 1.807) is 30.6 Å². The molecule has 3 heterocycles. The number of aromatic nitrogens is 3. The monoisotopic (exact) mass is 357 g/mol. The van der Waals surface area contributed by atoms with Gasteiger partial charge >= 0.3 is 0 Å². The fourth-order valence-corrected chi connectivity index (χ4v) is 4.62. The maximum atomic E-state index is 12.6. The van der Waals surface area contributed by atoms with Gasteiger partial charge < -0.3 is 11.1 Å². The van der Waals surface area contributed by atoms with Crippen LogP contribution in [0.5, 0.6) is 0 Å². The topological polar surface area (TPSA) is 131 Å². The number of aromatic amines is 1. The summed E-state index contributed by atoms with van der Waals surface area (Å²) in [4.78, 5) is 16.8. The van der Waals surface area contributed by atoms with Gasteiger partial charge in [-0.3, -0.25) is 9.89 Å². The predicted molar refractivity (Wildman–Crippen MR) is 91.9 cm³/mol. The van der Waals surface area contributed by atoms with E-state index in [0.717, 1.165) is 0 Å². The lowest BCUT2D eigenvalue weighted by molar-refractivity contribution is 0.102. The maximum absolute atomic E-state index is 12.6. The van der Waals surface area contributed by atoms with Gasteiger partial charge in [0.05, 0.1) is 27.9 Å². The summed E-state index contributed by atoms with van der Waals surface area (Å²) in [6.07, 6.45) is 3.50. The van der Waals surface area contributed by atoms with Crippen molar-refractivity contribution in [2.75, 3.05) is 11.1 Å². The Labute approximate surface area is 143 Å². The molecular weight excluding hydrogens is 342 g/mol. The summed E-state index contributed by atoms with van der Waals surface area (Å²) in [6, 6.07) is 5.92. The first-order valence-corrected chi connectivity index (χ1v) is 9.33. The SMILES string of the molecule is NC1CCS(=O)(=O)c2cc(C(=O)Nc3ccnc4[nH]ncc34)ccc21. The number of hydrogen-bond donors (Lipinski definition) is 3. The fraction of sp³-hybridized carbons (Fsp3) is 0.188. The Morgan fingerprint density at radius 3 is 3.00 bits per heavy atom. The molecule has 3 aromatic rings. The van der Waals surface area contributed by atoms with Crippen molar-refractivity contribution < 1.29 is 13.2 Å². The van der Waals surface area contributed by atoms with Crippen LogP contribution in [0.25, 0.3) is 11.0 Å². The van der Waals surface area contributed by atoms with Gasteiger partial charge in [0.25, 0.3) is 5.91 Å². The second kappa shape index (κ2) is 5.64. The Morgan fingerprint density at radius 1 is 1.32 bits per heavy atom. The van der Waals surface area contributed by atoms with Crippen LogP contribution >= 0.6 is 0 Å². The molecule has 0 saturated heterocycles. The summed E-state index contributed by atoms with van der Waals surface area (Å²) in [5.41, 5.74) is 7.89. The molecule has 0 aliphatic carbocycles. The Hall–Kier alpha value is -2.78. The van der Waals surface area contributed by atoms with Crippen LogP contribution < -0.4 is 11.1 Å². The van der Waals surface area contributed by atoms with E-state index in [2.05, 4.69) is 20.5 Å². The van der Waals surface area contributed by atoms with E-state index >= 15 is 0 Å². The number of rotatable bonds is 2. The minimum Gasteiger partial charge on any atom is -0.324 e. The van der Waals surface area contributed by atoms with Gasteiger partial charge in [-0.1, -0.05) is 6.07 Å². The third-order valence-corrected chi connectivity index (χ3v) is 6.11. The summed E-state index contributed by atoms with van der Waals surface area (Å²) >= 11 is 0. The average molecular weight is 357 g/mol. The zero-order chi connectivity index (χ0) is 17.6. The lowest BCUT2D eigenvalue weighted by atomic mass is 10.0. The van der Waals surface area contributed by atoms with Gasteiger partial charge in [0, 0.05) is 17.8 Å². The Morgan fingerprint density at radius 2 is 2.16 bits per heavy atom. The number of nitrogens with two attached hydrogens (primary N) is 1. The summed E-state index contributed by atoms with van der Waals surface area (Å²) < 4.78 is 24.6. The molecule has 0 spiro atoms. The quantitative estimate of drug-likeness (QED) is 0.635. The van der Waals surface area contributed by atoms with E-state index in [-0.39, 0.29) is 22.3 Å². The van der Waals surface area contributed by atoms with Crippen molar-refractivity contribution in [2.24, 2.45) is 5.73 Å². The molecule has 1 aromatic carbocycles. The molecule has 2 aromatic heterocycles. The van der Waals surface area contributed by atoms with Gasteiger partial charge in [-0.25, -0.2) is 13.4 Å². The average Bonchev–Trinajstić information content (AvgIpc) is 3.08. The molecule has 1 unspecified atom stereocenters. The molecule has 1 amide bonds. The molecule has 0 bridgehead atoms. The lowest BCUT2D eigenvalue weighted by Gasteiger charge is -2.22. The first-order valence-electron chi connectivity index (χ1n) is 7.67. The number of carbonyl (C=O) groups excluding carboxylic acids is 1. The van der Waals surface area contributed by atoms with Crippen LogP contribution in [0.15, 0.2) is 41.6 Å². The van der Waals surface area contributed by atoms with E-state index < -0.39 is 15.7 Å². The third-order valence-electron chi connectivity index (χ3n) is 4.31. The van der Waals surface area contributed by atoms with E-state index in [4.69, 9.17) is 5.73 Å². The van der Waals surface area contributed by atoms with Crippen LogP contribution in [0.4, 0.5) is 5.69 Å². The van der Waals surface area contributed by atoms with Crippen LogP contribution in [0, 0.1) is 0 Å². The number of H-pyrrole nitrogens is 1. The number of nitrogens with one attached hydrogen (secondary N) is 2. The summed E-state index contributed by atoms with van der Waals surface area (Å²) in [5.74, 6) is -0.419. The lowest BCUT2D eigenvalue weighted by Crippen LogP contribution is -2.25. The molecule has 1 atom stereocenters. The van der Waals surface area contributed by atoms with E-state index in [0.29, 0.717) is 28.7 Å². The molecule has 4 rings (SSSR count). The molecule has 4 N–H and O–H groups in total. The van der Waals surface area contributed by atoms with E-state index in [1.807, 2.05) is 0 Å².